The lowest BCUT2D eigenvalue weighted by Crippen LogP contribution is -2.41. The van der Waals surface area contributed by atoms with Crippen LogP contribution in [0.5, 0.6) is 0 Å². The maximum absolute atomic E-state index is 13.8. The molecule has 0 spiro atoms. The van der Waals surface area contributed by atoms with E-state index in [4.69, 9.17) is 0 Å². The quantitative estimate of drug-likeness (QED) is 0.276. The van der Waals surface area contributed by atoms with E-state index in [0.29, 0.717) is 37.2 Å². The van der Waals surface area contributed by atoms with E-state index in [0.717, 1.165) is 11.1 Å². The van der Waals surface area contributed by atoms with Gasteiger partial charge >= 0.3 is 0 Å². The van der Waals surface area contributed by atoms with Crippen molar-refractivity contribution in [1.29, 1.82) is 0 Å². The van der Waals surface area contributed by atoms with Crippen molar-refractivity contribution in [1.82, 2.24) is 19.8 Å². The number of anilines is 1. The monoisotopic (exact) mass is 555 g/mol. The van der Waals surface area contributed by atoms with Gasteiger partial charge in [-0.15, -0.1) is 0 Å². The van der Waals surface area contributed by atoms with E-state index in [2.05, 4.69) is 15.6 Å². The summed E-state index contributed by atoms with van der Waals surface area (Å²) in [5.74, 6) is -1.30. The summed E-state index contributed by atoms with van der Waals surface area (Å²) in [6.45, 7) is 2.30. The van der Waals surface area contributed by atoms with E-state index >= 15 is 0 Å². The molecular weight excluding hydrogens is 521 g/mol. The van der Waals surface area contributed by atoms with Crippen molar-refractivity contribution in [3.05, 3.63) is 118 Å². The zero-order valence-electron chi connectivity index (χ0n) is 23.2. The van der Waals surface area contributed by atoms with Crippen LogP contribution in [0, 0.1) is 5.82 Å². The fourth-order valence-electron chi connectivity index (χ4n) is 4.35. The molecule has 0 aliphatic rings. The SMILES string of the molecule is CN[C@@H](C)C(=O)Nc1ncc(-c2ccc(F)cc2)n(CC(=O)N(CCc2ccccc2)CCc2ccccc2)c1=O. The Kier molecular flexibility index (Phi) is 10.1. The van der Waals surface area contributed by atoms with Gasteiger partial charge in [-0.05, 0) is 62.2 Å². The standard InChI is InChI=1S/C32H34FN5O3/c1-23(34-2)31(40)36-30-32(41)38(28(21-35-30)26-13-15-27(33)16-14-26)22-29(39)37(19-17-24-9-5-3-6-10-24)20-18-25-11-7-4-8-12-25/h3-16,21,23,34H,17-20,22H2,1-2H3,(H,35,36,40)/t23-/m0/s1. The maximum atomic E-state index is 13.8. The van der Waals surface area contributed by atoms with Crippen molar-refractivity contribution in [3.63, 3.8) is 0 Å². The smallest absolute Gasteiger partial charge is 0.294 e. The third-order valence-electron chi connectivity index (χ3n) is 6.93. The topological polar surface area (TPSA) is 96.3 Å². The number of carbonyl (C=O) groups is 2. The number of hydrogen-bond acceptors (Lipinski definition) is 5. The van der Waals surface area contributed by atoms with Gasteiger partial charge in [-0.3, -0.25) is 19.0 Å². The van der Waals surface area contributed by atoms with E-state index < -0.39 is 23.3 Å². The van der Waals surface area contributed by atoms with Gasteiger partial charge in [0.05, 0.1) is 17.9 Å². The van der Waals surface area contributed by atoms with E-state index in [1.54, 1.807) is 18.9 Å². The minimum atomic E-state index is -0.622. The number of likely N-dealkylation sites (N-methyl/N-ethyl adjacent to an activating group) is 1. The molecule has 3 aromatic carbocycles. The lowest BCUT2D eigenvalue weighted by Gasteiger charge is -2.24. The van der Waals surface area contributed by atoms with Crippen LogP contribution in [0.25, 0.3) is 11.3 Å². The fourth-order valence-corrected chi connectivity index (χ4v) is 4.35. The van der Waals surface area contributed by atoms with Gasteiger partial charge in [0.15, 0.2) is 5.82 Å². The minimum absolute atomic E-state index is 0.184. The summed E-state index contributed by atoms with van der Waals surface area (Å²) in [5.41, 5.74) is 2.44. The molecule has 1 aromatic heterocycles. The van der Waals surface area contributed by atoms with Gasteiger partial charge < -0.3 is 15.5 Å². The average molecular weight is 556 g/mol. The molecule has 0 fully saturated rings. The predicted molar refractivity (Wildman–Crippen MR) is 158 cm³/mol. The zero-order chi connectivity index (χ0) is 29.2. The van der Waals surface area contributed by atoms with Crippen LogP contribution in [0.2, 0.25) is 0 Å². The lowest BCUT2D eigenvalue weighted by atomic mass is 10.1. The second-order valence-electron chi connectivity index (χ2n) is 9.74. The molecule has 212 valence electrons. The lowest BCUT2D eigenvalue weighted by molar-refractivity contribution is -0.131. The number of hydrogen-bond donors (Lipinski definition) is 2. The molecule has 0 radical (unpaired) electrons. The maximum Gasteiger partial charge on any atom is 0.294 e. The first-order valence-corrected chi connectivity index (χ1v) is 13.5. The number of nitrogens with one attached hydrogen (secondary N) is 2. The van der Waals surface area contributed by atoms with Crippen LogP contribution in [0.3, 0.4) is 0 Å². The molecule has 4 aromatic rings. The summed E-state index contributed by atoms with van der Waals surface area (Å²) in [7, 11) is 1.63. The van der Waals surface area contributed by atoms with E-state index in [-0.39, 0.29) is 18.3 Å². The Morgan fingerprint density at radius 1 is 0.902 bits per heavy atom. The van der Waals surface area contributed by atoms with Crippen molar-refractivity contribution in [2.45, 2.75) is 32.4 Å². The molecule has 4 rings (SSSR count). The van der Waals surface area contributed by atoms with E-state index in [1.807, 2.05) is 60.7 Å². The molecule has 0 bridgehead atoms. The highest BCUT2D eigenvalue weighted by molar-refractivity contribution is 5.93. The van der Waals surface area contributed by atoms with Crippen LogP contribution in [0.1, 0.15) is 18.1 Å². The molecule has 41 heavy (non-hydrogen) atoms. The Bertz CT molecular complexity index is 1460. The molecule has 1 atom stereocenters. The summed E-state index contributed by atoms with van der Waals surface area (Å²) < 4.78 is 15.0. The van der Waals surface area contributed by atoms with Crippen molar-refractivity contribution < 1.29 is 14.0 Å². The molecule has 0 saturated heterocycles. The first kappa shape index (κ1) is 29.4. The minimum Gasteiger partial charge on any atom is -0.340 e. The number of aromatic nitrogens is 2. The average Bonchev–Trinajstić information content (AvgIpc) is 3.00. The Morgan fingerprint density at radius 2 is 1.46 bits per heavy atom. The summed E-state index contributed by atoms with van der Waals surface area (Å²) >= 11 is 0. The molecule has 0 saturated carbocycles. The van der Waals surface area contributed by atoms with Crippen LogP contribution < -0.4 is 16.2 Å². The predicted octanol–water partition coefficient (Wildman–Crippen LogP) is 3.91. The molecule has 0 aliphatic carbocycles. The second-order valence-corrected chi connectivity index (χ2v) is 9.74. The number of rotatable bonds is 12. The Balaban J connectivity index is 1.65. The first-order valence-electron chi connectivity index (χ1n) is 13.5. The molecule has 2 amide bonds. The van der Waals surface area contributed by atoms with Crippen LogP contribution in [0.4, 0.5) is 10.2 Å². The third kappa shape index (κ3) is 7.95. The van der Waals surface area contributed by atoms with Crippen molar-refractivity contribution in [2.24, 2.45) is 0 Å². The Hall–Kier alpha value is -4.63. The second kappa shape index (κ2) is 14.1. The first-order chi connectivity index (χ1) is 19.9. The largest absolute Gasteiger partial charge is 0.340 e. The van der Waals surface area contributed by atoms with Crippen LogP contribution in [-0.2, 0) is 29.0 Å². The molecule has 9 heteroatoms. The van der Waals surface area contributed by atoms with Crippen LogP contribution >= 0.6 is 0 Å². The van der Waals surface area contributed by atoms with Gasteiger partial charge in [-0.25, -0.2) is 9.37 Å². The highest BCUT2D eigenvalue weighted by atomic mass is 19.1. The number of nitrogens with zero attached hydrogens (tertiary/aromatic N) is 3. The molecule has 8 nitrogen and oxygen atoms in total. The van der Waals surface area contributed by atoms with E-state index in [9.17, 15) is 18.8 Å². The van der Waals surface area contributed by atoms with Crippen molar-refractivity contribution >= 4 is 17.6 Å². The number of benzene rings is 3. The van der Waals surface area contributed by atoms with Gasteiger partial charge in [-0.1, -0.05) is 60.7 Å². The highest BCUT2D eigenvalue weighted by Gasteiger charge is 2.21. The van der Waals surface area contributed by atoms with Crippen molar-refractivity contribution in [2.75, 3.05) is 25.5 Å². The van der Waals surface area contributed by atoms with Gasteiger partial charge in [-0.2, -0.15) is 0 Å². The highest BCUT2D eigenvalue weighted by Crippen LogP contribution is 2.19. The molecule has 0 aliphatic heterocycles. The van der Waals surface area contributed by atoms with Gasteiger partial charge in [0, 0.05) is 18.7 Å². The van der Waals surface area contributed by atoms with Crippen LogP contribution in [-0.4, -0.2) is 52.4 Å². The number of carbonyl (C=O) groups excluding carboxylic acids is 2. The summed E-state index contributed by atoms with van der Waals surface area (Å²) in [4.78, 5) is 45.9. The fraction of sp³-hybridized carbons (Fsp3) is 0.250. The Morgan fingerprint density at radius 3 is 2.00 bits per heavy atom. The van der Waals surface area contributed by atoms with Gasteiger partial charge in [0.25, 0.3) is 5.56 Å². The van der Waals surface area contributed by atoms with Crippen LogP contribution in [0.15, 0.2) is 95.9 Å². The molecule has 0 unspecified atom stereocenters. The number of amides is 2. The summed E-state index contributed by atoms with van der Waals surface area (Å²) in [6, 6.07) is 24.8. The van der Waals surface area contributed by atoms with Gasteiger partial charge in [0.1, 0.15) is 12.4 Å². The summed E-state index contributed by atoms with van der Waals surface area (Å²) in [5, 5.41) is 5.37. The molecule has 2 N–H and O–H groups in total. The third-order valence-corrected chi connectivity index (χ3v) is 6.93. The normalized spacial score (nSPS) is 11.6. The molecule has 1 heterocycles. The summed E-state index contributed by atoms with van der Waals surface area (Å²) in [6.07, 6.45) is 2.72. The number of halogens is 1. The zero-order valence-corrected chi connectivity index (χ0v) is 23.2. The van der Waals surface area contributed by atoms with Crippen molar-refractivity contribution in [3.8, 4) is 11.3 Å². The Labute approximate surface area is 238 Å². The molecular formula is C32H34FN5O3. The van der Waals surface area contributed by atoms with E-state index in [1.165, 1.54) is 35.0 Å². The van der Waals surface area contributed by atoms with Gasteiger partial charge in [0.2, 0.25) is 11.8 Å².